The Labute approximate surface area is 98.8 Å². The van der Waals surface area contributed by atoms with Gasteiger partial charge in [-0.05, 0) is 38.8 Å². The normalized spacial score (nSPS) is 30.2. The van der Waals surface area contributed by atoms with E-state index in [0.29, 0.717) is 6.10 Å². The SMILES string of the molecule is C=CCCCNCC1CN2CCCC2CO1. The zero-order chi connectivity index (χ0) is 11.2. The number of unbranched alkanes of at least 4 members (excludes halogenated alkanes) is 1. The Kier molecular flexibility index (Phi) is 4.82. The summed E-state index contributed by atoms with van der Waals surface area (Å²) in [6, 6.07) is 0.719. The van der Waals surface area contributed by atoms with E-state index in [9.17, 15) is 0 Å². The van der Waals surface area contributed by atoms with Crippen LogP contribution in [0.3, 0.4) is 0 Å². The van der Waals surface area contributed by atoms with Crippen molar-refractivity contribution in [3.05, 3.63) is 12.7 Å². The summed E-state index contributed by atoms with van der Waals surface area (Å²) in [5.41, 5.74) is 0. The Hall–Kier alpha value is -0.380. The zero-order valence-electron chi connectivity index (χ0n) is 10.2. The lowest BCUT2D eigenvalue weighted by Crippen LogP contribution is -2.49. The largest absolute Gasteiger partial charge is 0.374 e. The van der Waals surface area contributed by atoms with Crippen LogP contribution in [-0.2, 0) is 4.74 Å². The lowest BCUT2D eigenvalue weighted by Gasteiger charge is -2.35. The molecule has 2 heterocycles. The molecule has 2 atom stereocenters. The van der Waals surface area contributed by atoms with Crippen molar-refractivity contribution in [2.24, 2.45) is 0 Å². The number of hydrogen-bond acceptors (Lipinski definition) is 3. The van der Waals surface area contributed by atoms with Crippen molar-refractivity contribution in [2.75, 3.05) is 32.8 Å². The van der Waals surface area contributed by atoms with Crippen LogP contribution in [0.25, 0.3) is 0 Å². The molecule has 0 aromatic rings. The number of morpholine rings is 1. The Balaban J connectivity index is 1.58. The summed E-state index contributed by atoms with van der Waals surface area (Å²) >= 11 is 0. The average Bonchev–Trinajstić information content (AvgIpc) is 2.76. The fraction of sp³-hybridized carbons (Fsp3) is 0.846. The molecule has 2 aliphatic heterocycles. The van der Waals surface area contributed by atoms with Crippen molar-refractivity contribution >= 4 is 0 Å². The second-order valence-corrected chi connectivity index (χ2v) is 4.88. The first-order valence-electron chi connectivity index (χ1n) is 6.57. The van der Waals surface area contributed by atoms with Gasteiger partial charge in [0.05, 0.1) is 12.7 Å². The van der Waals surface area contributed by atoms with Crippen LogP contribution in [0.1, 0.15) is 25.7 Å². The number of ether oxygens (including phenoxy) is 1. The third-order valence-electron chi connectivity index (χ3n) is 3.60. The monoisotopic (exact) mass is 224 g/mol. The second-order valence-electron chi connectivity index (χ2n) is 4.88. The Morgan fingerprint density at radius 2 is 2.44 bits per heavy atom. The van der Waals surface area contributed by atoms with Gasteiger partial charge in [0.25, 0.3) is 0 Å². The van der Waals surface area contributed by atoms with Crippen LogP contribution >= 0.6 is 0 Å². The van der Waals surface area contributed by atoms with E-state index in [0.717, 1.165) is 38.7 Å². The predicted molar refractivity (Wildman–Crippen MR) is 66.6 cm³/mol. The summed E-state index contributed by atoms with van der Waals surface area (Å²) in [5, 5.41) is 3.47. The van der Waals surface area contributed by atoms with E-state index in [1.807, 2.05) is 6.08 Å². The van der Waals surface area contributed by atoms with E-state index >= 15 is 0 Å². The van der Waals surface area contributed by atoms with Crippen molar-refractivity contribution in [3.63, 3.8) is 0 Å². The Morgan fingerprint density at radius 3 is 3.31 bits per heavy atom. The van der Waals surface area contributed by atoms with Crippen LogP contribution in [0.4, 0.5) is 0 Å². The van der Waals surface area contributed by atoms with Gasteiger partial charge in [0.1, 0.15) is 0 Å². The third kappa shape index (κ3) is 3.30. The van der Waals surface area contributed by atoms with E-state index < -0.39 is 0 Å². The molecule has 0 spiro atoms. The maximum absolute atomic E-state index is 5.87. The summed E-state index contributed by atoms with van der Waals surface area (Å²) < 4.78 is 5.87. The first kappa shape index (κ1) is 12.1. The van der Waals surface area contributed by atoms with Crippen LogP contribution in [0.15, 0.2) is 12.7 Å². The third-order valence-corrected chi connectivity index (χ3v) is 3.60. The molecule has 2 saturated heterocycles. The minimum absolute atomic E-state index is 0.401. The smallest absolute Gasteiger partial charge is 0.0826 e. The van der Waals surface area contributed by atoms with E-state index in [1.54, 1.807) is 0 Å². The van der Waals surface area contributed by atoms with Crippen LogP contribution in [-0.4, -0.2) is 49.8 Å². The lowest BCUT2D eigenvalue weighted by atomic mass is 10.2. The number of rotatable bonds is 6. The zero-order valence-corrected chi connectivity index (χ0v) is 10.2. The van der Waals surface area contributed by atoms with E-state index in [2.05, 4.69) is 16.8 Å². The number of allylic oxidation sites excluding steroid dienone is 1. The van der Waals surface area contributed by atoms with E-state index in [1.165, 1.54) is 25.8 Å². The van der Waals surface area contributed by atoms with Gasteiger partial charge in [-0.15, -0.1) is 6.58 Å². The molecule has 2 rings (SSSR count). The molecule has 2 unspecified atom stereocenters. The Morgan fingerprint density at radius 1 is 1.50 bits per heavy atom. The standard InChI is InChI=1S/C13H24N2O/c1-2-3-4-7-14-9-13-10-15-8-5-6-12(15)11-16-13/h2,12-14H,1,3-11H2. The van der Waals surface area contributed by atoms with Gasteiger partial charge in [-0.2, -0.15) is 0 Å². The summed E-state index contributed by atoms with van der Waals surface area (Å²) in [6.45, 7) is 9.15. The van der Waals surface area contributed by atoms with Gasteiger partial charge in [-0.1, -0.05) is 6.08 Å². The molecular weight excluding hydrogens is 200 g/mol. The van der Waals surface area contributed by atoms with E-state index in [-0.39, 0.29) is 0 Å². The Bertz CT molecular complexity index is 220. The summed E-state index contributed by atoms with van der Waals surface area (Å²) in [6.07, 6.45) is 7.36. The highest BCUT2D eigenvalue weighted by molar-refractivity contribution is 4.85. The number of fused-ring (bicyclic) bond motifs is 1. The van der Waals surface area contributed by atoms with Gasteiger partial charge >= 0.3 is 0 Å². The first-order valence-corrected chi connectivity index (χ1v) is 6.57. The molecule has 0 amide bonds. The van der Waals surface area contributed by atoms with Crippen molar-refractivity contribution < 1.29 is 4.74 Å². The minimum atomic E-state index is 0.401. The van der Waals surface area contributed by atoms with E-state index in [4.69, 9.17) is 4.74 Å². The molecule has 2 aliphatic rings. The van der Waals surface area contributed by atoms with Gasteiger partial charge in [0, 0.05) is 19.1 Å². The van der Waals surface area contributed by atoms with Crippen molar-refractivity contribution in [1.29, 1.82) is 0 Å². The fourth-order valence-corrected chi connectivity index (χ4v) is 2.64. The van der Waals surface area contributed by atoms with Gasteiger partial charge in [0.15, 0.2) is 0 Å². The molecule has 0 aromatic heterocycles. The van der Waals surface area contributed by atoms with Gasteiger partial charge < -0.3 is 10.1 Å². The van der Waals surface area contributed by atoms with Gasteiger partial charge in [0.2, 0.25) is 0 Å². The molecule has 0 radical (unpaired) electrons. The lowest BCUT2D eigenvalue weighted by molar-refractivity contribution is -0.0468. The number of nitrogens with one attached hydrogen (secondary N) is 1. The summed E-state index contributed by atoms with van der Waals surface area (Å²) in [5.74, 6) is 0. The highest BCUT2D eigenvalue weighted by Crippen LogP contribution is 2.22. The molecule has 0 saturated carbocycles. The molecule has 3 heteroatoms. The molecular formula is C13H24N2O. The van der Waals surface area contributed by atoms with Gasteiger partial charge in [-0.25, -0.2) is 0 Å². The maximum atomic E-state index is 5.87. The molecule has 0 aromatic carbocycles. The molecule has 0 aliphatic carbocycles. The van der Waals surface area contributed by atoms with Crippen molar-refractivity contribution in [2.45, 2.75) is 37.8 Å². The number of nitrogens with zero attached hydrogens (tertiary/aromatic N) is 1. The fourth-order valence-electron chi connectivity index (χ4n) is 2.64. The van der Waals surface area contributed by atoms with Crippen molar-refractivity contribution in [1.82, 2.24) is 10.2 Å². The van der Waals surface area contributed by atoms with Crippen LogP contribution in [0.2, 0.25) is 0 Å². The number of hydrogen-bond donors (Lipinski definition) is 1. The summed E-state index contributed by atoms with van der Waals surface area (Å²) in [7, 11) is 0. The summed E-state index contributed by atoms with van der Waals surface area (Å²) in [4.78, 5) is 2.60. The minimum Gasteiger partial charge on any atom is -0.374 e. The molecule has 2 fully saturated rings. The predicted octanol–water partition coefficient (Wildman–Crippen LogP) is 1.41. The molecule has 0 bridgehead atoms. The van der Waals surface area contributed by atoms with Crippen molar-refractivity contribution in [3.8, 4) is 0 Å². The molecule has 92 valence electrons. The highest BCUT2D eigenvalue weighted by atomic mass is 16.5. The molecule has 16 heavy (non-hydrogen) atoms. The average molecular weight is 224 g/mol. The van der Waals surface area contributed by atoms with Crippen LogP contribution < -0.4 is 5.32 Å². The highest BCUT2D eigenvalue weighted by Gasteiger charge is 2.31. The quantitative estimate of drug-likeness (QED) is 0.545. The maximum Gasteiger partial charge on any atom is 0.0826 e. The van der Waals surface area contributed by atoms with Gasteiger partial charge in [-0.3, -0.25) is 4.90 Å². The molecule has 1 N–H and O–H groups in total. The topological polar surface area (TPSA) is 24.5 Å². The molecule has 3 nitrogen and oxygen atoms in total. The second kappa shape index (κ2) is 6.38. The van der Waals surface area contributed by atoms with Crippen LogP contribution in [0, 0.1) is 0 Å². The first-order chi connectivity index (χ1) is 7.90. The van der Waals surface area contributed by atoms with Crippen LogP contribution in [0.5, 0.6) is 0 Å².